The molecule has 0 aromatic heterocycles. The van der Waals surface area contributed by atoms with Gasteiger partial charge in [-0.1, -0.05) is 0 Å². The van der Waals surface area contributed by atoms with Crippen molar-refractivity contribution in [3.05, 3.63) is 19.1 Å². The van der Waals surface area contributed by atoms with Crippen molar-refractivity contribution in [1.29, 1.82) is 0 Å². The first-order valence-electron chi connectivity index (χ1n) is 2.87. The molecule has 0 atom stereocenters. The van der Waals surface area contributed by atoms with Gasteiger partial charge in [0.1, 0.15) is 0 Å². The third kappa shape index (κ3) is 1.83. The molecule has 2 radical (unpaired) electrons. The quantitative estimate of drug-likeness (QED) is 0.647. The van der Waals surface area contributed by atoms with Gasteiger partial charge < -0.3 is 0 Å². The van der Waals surface area contributed by atoms with Gasteiger partial charge in [-0.25, -0.2) is 8.78 Å². The minimum absolute atomic E-state index is 0.458. The fourth-order valence-electron chi connectivity index (χ4n) is 0.427. The molecule has 0 unspecified atom stereocenters. The zero-order valence-electron chi connectivity index (χ0n) is 6.23. The Morgan fingerprint density at radius 1 is 1.00 bits per heavy atom. The van der Waals surface area contributed by atoms with Crippen molar-refractivity contribution in [2.24, 2.45) is 0 Å². The highest BCUT2D eigenvalue weighted by atomic mass is 19.3. The third-order valence-corrected chi connectivity index (χ3v) is 1.21. The highest BCUT2D eigenvalue weighted by molar-refractivity contribution is 5.11. The average Bonchev–Trinajstić information content (AvgIpc) is 2.00. The lowest BCUT2D eigenvalue weighted by Crippen LogP contribution is -2.53. The average molecular weight is 226 g/mol. The van der Waals surface area contributed by atoms with Crippen LogP contribution in [-0.4, -0.2) is 17.8 Å². The van der Waals surface area contributed by atoms with Gasteiger partial charge in [0.25, 0.3) is 0 Å². The van der Waals surface area contributed by atoms with Gasteiger partial charge in [0.05, 0.1) is 0 Å². The van der Waals surface area contributed by atoms with Crippen molar-refractivity contribution < 1.29 is 35.1 Å². The Labute approximate surface area is 73.2 Å². The first kappa shape index (κ1) is 13.2. The molecule has 82 valence electrons. The van der Waals surface area contributed by atoms with Crippen LogP contribution in [0.1, 0.15) is 0 Å². The molecule has 0 heterocycles. The number of rotatable bonds is 3. The molecule has 0 fully saturated rings. The Balaban J connectivity index is 5.29. The summed E-state index contributed by atoms with van der Waals surface area (Å²) in [7, 11) is 0. The topological polar surface area (TPSA) is 0 Å². The summed E-state index contributed by atoms with van der Waals surface area (Å²) in [6, 6.07) is 0. The summed E-state index contributed by atoms with van der Waals surface area (Å²) in [4.78, 5) is 0. The van der Waals surface area contributed by atoms with Crippen LogP contribution in [0.4, 0.5) is 35.1 Å². The maximum atomic E-state index is 12.1. The molecular weight excluding hydrogens is 224 g/mol. The molecule has 0 N–H and O–H groups in total. The number of hydrogen-bond acceptors (Lipinski definition) is 0. The van der Waals surface area contributed by atoms with Crippen LogP contribution in [0.2, 0.25) is 0 Å². The zero-order chi connectivity index (χ0) is 11.8. The van der Waals surface area contributed by atoms with Crippen molar-refractivity contribution in [2.75, 3.05) is 0 Å². The minimum atomic E-state index is -6.14. The van der Waals surface area contributed by atoms with Crippen molar-refractivity contribution in [2.45, 2.75) is 17.8 Å². The number of halogens is 8. The molecule has 0 nitrogen and oxygen atoms in total. The molecule has 0 aliphatic rings. The van der Waals surface area contributed by atoms with Gasteiger partial charge in [0.15, 0.2) is 6.33 Å². The van der Waals surface area contributed by atoms with Crippen molar-refractivity contribution in [3.63, 3.8) is 0 Å². The Bertz CT molecular complexity index is 235. The van der Waals surface area contributed by atoms with E-state index in [1.807, 2.05) is 0 Å². The molecule has 0 aromatic carbocycles. The Hall–Kier alpha value is -0.820. The summed E-state index contributed by atoms with van der Waals surface area (Å²) in [6.07, 6.45) is -0.458. The van der Waals surface area contributed by atoms with E-state index in [0.717, 1.165) is 0 Å². The third-order valence-electron chi connectivity index (χ3n) is 1.21. The summed E-state index contributed by atoms with van der Waals surface area (Å²) in [5, 5.41) is 0. The number of alkyl halides is 6. The van der Waals surface area contributed by atoms with E-state index in [4.69, 9.17) is 0 Å². The molecule has 0 aromatic rings. The Morgan fingerprint density at radius 3 is 1.57 bits per heavy atom. The number of allylic oxidation sites excluding steroid dienone is 1. The number of hydrogen-bond donors (Lipinski definition) is 0. The lowest BCUT2D eigenvalue weighted by atomic mass is 10.1. The molecule has 8 heteroatoms. The highest BCUT2D eigenvalue weighted by Gasteiger charge is 2.71. The van der Waals surface area contributed by atoms with E-state index in [2.05, 4.69) is 0 Å². The standard InChI is InChI=1S/C6H2F8/c1-4(9,10)6(13,14)5(11,12)3(8)2-7/h1H2. The lowest BCUT2D eigenvalue weighted by molar-refractivity contribution is -0.284. The summed E-state index contributed by atoms with van der Waals surface area (Å²) in [5.41, 5.74) is 0. The maximum absolute atomic E-state index is 12.1. The summed E-state index contributed by atoms with van der Waals surface area (Å²) in [5.74, 6) is -21.0. The van der Waals surface area contributed by atoms with Gasteiger partial charge in [-0.2, -0.15) is 26.3 Å². The van der Waals surface area contributed by atoms with Gasteiger partial charge >= 0.3 is 17.8 Å². The first-order valence-corrected chi connectivity index (χ1v) is 2.87. The summed E-state index contributed by atoms with van der Waals surface area (Å²) < 4.78 is 94.9. The molecular formula is C6H2F8. The van der Waals surface area contributed by atoms with Crippen LogP contribution >= 0.6 is 0 Å². The molecule has 0 bridgehead atoms. The van der Waals surface area contributed by atoms with E-state index in [1.54, 1.807) is 0 Å². The molecule has 0 saturated heterocycles. The SMILES string of the molecule is [CH2]C(F)(F)C(F)(F)C(F)(F)/C(F)=[C]/F. The summed E-state index contributed by atoms with van der Waals surface area (Å²) in [6.45, 7) is 1.43. The molecule has 0 spiro atoms. The van der Waals surface area contributed by atoms with Gasteiger partial charge in [-0.3, -0.25) is 0 Å². The molecule has 0 saturated carbocycles. The smallest absolute Gasteiger partial charge is 0.201 e. The monoisotopic (exact) mass is 226 g/mol. The largest absolute Gasteiger partial charge is 0.378 e. The molecule has 0 aliphatic heterocycles. The second-order valence-corrected chi connectivity index (χ2v) is 2.26. The van der Waals surface area contributed by atoms with Gasteiger partial charge in [-0.15, -0.1) is 0 Å². The predicted molar refractivity (Wildman–Crippen MR) is 29.2 cm³/mol. The minimum Gasteiger partial charge on any atom is -0.201 e. The predicted octanol–water partition coefficient (Wildman–Crippen LogP) is 3.31. The van der Waals surface area contributed by atoms with Gasteiger partial charge in [0, 0.05) is 6.92 Å². The fourth-order valence-corrected chi connectivity index (χ4v) is 0.427. The van der Waals surface area contributed by atoms with Crippen molar-refractivity contribution in [1.82, 2.24) is 0 Å². The Morgan fingerprint density at radius 2 is 1.36 bits per heavy atom. The maximum Gasteiger partial charge on any atom is 0.378 e. The second-order valence-electron chi connectivity index (χ2n) is 2.26. The van der Waals surface area contributed by atoms with Crippen LogP contribution in [0.3, 0.4) is 0 Å². The zero-order valence-corrected chi connectivity index (χ0v) is 6.23. The molecule has 0 rings (SSSR count). The van der Waals surface area contributed by atoms with Crippen molar-refractivity contribution >= 4 is 0 Å². The highest BCUT2D eigenvalue weighted by Crippen LogP contribution is 2.48. The van der Waals surface area contributed by atoms with Crippen LogP contribution < -0.4 is 0 Å². The first-order chi connectivity index (χ1) is 5.98. The van der Waals surface area contributed by atoms with E-state index >= 15 is 0 Å². The van der Waals surface area contributed by atoms with Crippen LogP contribution in [0.5, 0.6) is 0 Å². The van der Waals surface area contributed by atoms with Crippen LogP contribution in [0.25, 0.3) is 0 Å². The van der Waals surface area contributed by atoms with E-state index in [-0.39, 0.29) is 0 Å². The molecule has 0 amide bonds. The second kappa shape index (κ2) is 3.39. The van der Waals surface area contributed by atoms with E-state index < -0.39 is 29.9 Å². The molecule has 0 aliphatic carbocycles. The van der Waals surface area contributed by atoms with Gasteiger partial charge in [-0.05, 0) is 0 Å². The Kier molecular flexibility index (Phi) is 3.19. The fraction of sp³-hybridized carbons (Fsp3) is 0.500. The van der Waals surface area contributed by atoms with Crippen molar-refractivity contribution in [3.8, 4) is 0 Å². The normalized spacial score (nSPS) is 15.9. The van der Waals surface area contributed by atoms with E-state index in [1.165, 1.54) is 6.92 Å². The lowest BCUT2D eigenvalue weighted by Gasteiger charge is -2.28. The molecule has 14 heavy (non-hydrogen) atoms. The van der Waals surface area contributed by atoms with Crippen LogP contribution in [0.15, 0.2) is 5.83 Å². The van der Waals surface area contributed by atoms with E-state index in [0.29, 0.717) is 0 Å². The van der Waals surface area contributed by atoms with Crippen LogP contribution in [-0.2, 0) is 0 Å². The van der Waals surface area contributed by atoms with Crippen LogP contribution in [0, 0.1) is 13.3 Å². The van der Waals surface area contributed by atoms with E-state index in [9.17, 15) is 35.1 Å². The van der Waals surface area contributed by atoms with Gasteiger partial charge in [0.2, 0.25) is 5.83 Å². The summed E-state index contributed by atoms with van der Waals surface area (Å²) >= 11 is 0.